The minimum absolute atomic E-state index is 0.138. The second-order valence-corrected chi connectivity index (χ2v) is 9.85. The van der Waals surface area contributed by atoms with Crippen LogP contribution in [0.2, 0.25) is 0 Å². The molecule has 2 aromatic carbocycles. The number of rotatable bonds is 9. The van der Waals surface area contributed by atoms with Crippen LogP contribution in [0.25, 0.3) is 0 Å². The lowest BCUT2D eigenvalue weighted by Gasteiger charge is -2.12. The number of carbonyl (C=O) groups is 1. The summed E-state index contributed by atoms with van der Waals surface area (Å²) < 4.78 is 27.3. The van der Waals surface area contributed by atoms with E-state index < -0.39 is 10.0 Å². The Kier molecular flexibility index (Phi) is 7.84. The van der Waals surface area contributed by atoms with Crippen molar-refractivity contribution in [1.82, 2.24) is 9.71 Å². The number of anilines is 1. The Labute approximate surface area is 187 Å². The third-order valence-corrected chi connectivity index (χ3v) is 7.32. The largest absolute Gasteiger partial charge is 0.322 e. The van der Waals surface area contributed by atoms with E-state index in [1.54, 1.807) is 18.0 Å². The molecule has 0 saturated carbocycles. The van der Waals surface area contributed by atoms with Gasteiger partial charge in [-0.25, -0.2) is 13.1 Å². The van der Waals surface area contributed by atoms with Gasteiger partial charge >= 0.3 is 0 Å². The van der Waals surface area contributed by atoms with Crippen LogP contribution in [0.5, 0.6) is 0 Å². The molecule has 0 aliphatic rings. The van der Waals surface area contributed by atoms with Gasteiger partial charge in [-0.15, -0.1) is 11.8 Å². The summed E-state index contributed by atoms with van der Waals surface area (Å²) in [4.78, 5) is 17.8. The maximum absolute atomic E-state index is 12.5. The number of nitrogens with one attached hydrogen (secondary N) is 2. The first-order valence-corrected chi connectivity index (χ1v) is 12.4. The Morgan fingerprint density at radius 3 is 2.39 bits per heavy atom. The van der Waals surface area contributed by atoms with Gasteiger partial charge in [0.05, 0.1) is 4.90 Å². The lowest BCUT2D eigenvalue weighted by atomic mass is 10.2. The van der Waals surface area contributed by atoms with Gasteiger partial charge in [-0.1, -0.05) is 13.0 Å². The highest BCUT2D eigenvalue weighted by molar-refractivity contribution is 7.98. The summed E-state index contributed by atoms with van der Waals surface area (Å²) in [5, 5.41) is 2.84. The molecule has 1 aromatic heterocycles. The van der Waals surface area contributed by atoms with Gasteiger partial charge in [-0.2, -0.15) is 0 Å². The summed E-state index contributed by atoms with van der Waals surface area (Å²) in [6, 6.07) is 17.3. The van der Waals surface area contributed by atoms with Crippen molar-refractivity contribution in [3.8, 4) is 0 Å². The monoisotopic (exact) mass is 455 g/mol. The minimum atomic E-state index is -3.59. The molecule has 0 bridgehead atoms. The normalized spacial score (nSPS) is 12.3. The number of hydrogen-bond donors (Lipinski definition) is 2. The average molecular weight is 456 g/mol. The van der Waals surface area contributed by atoms with E-state index in [-0.39, 0.29) is 16.8 Å². The van der Waals surface area contributed by atoms with E-state index >= 15 is 0 Å². The fraction of sp³-hybridized carbons (Fsp3) is 0.217. The van der Waals surface area contributed by atoms with Crippen molar-refractivity contribution in [3.63, 3.8) is 0 Å². The zero-order valence-corrected chi connectivity index (χ0v) is 19.0. The van der Waals surface area contributed by atoms with E-state index in [4.69, 9.17) is 0 Å². The van der Waals surface area contributed by atoms with Crippen molar-refractivity contribution in [2.45, 2.75) is 41.9 Å². The van der Waals surface area contributed by atoms with Gasteiger partial charge in [0.15, 0.2) is 0 Å². The number of thioether (sulfide) groups is 1. The maximum Gasteiger partial charge on any atom is 0.255 e. The molecule has 0 aliphatic carbocycles. The van der Waals surface area contributed by atoms with Crippen LogP contribution < -0.4 is 10.0 Å². The summed E-state index contributed by atoms with van der Waals surface area (Å²) in [5.74, 6) is 0.523. The zero-order valence-electron chi connectivity index (χ0n) is 17.4. The number of benzene rings is 2. The number of amides is 1. The van der Waals surface area contributed by atoms with Crippen molar-refractivity contribution >= 4 is 33.4 Å². The molecule has 0 radical (unpaired) electrons. The van der Waals surface area contributed by atoms with Crippen LogP contribution in [0.3, 0.4) is 0 Å². The van der Waals surface area contributed by atoms with Crippen LogP contribution in [-0.2, 0) is 15.8 Å². The van der Waals surface area contributed by atoms with Gasteiger partial charge in [0.1, 0.15) is 0 Å². The fourth-order valence-corrected chi connectivity index (χ4v) is 4.85. The Bertz CT molecular complexity index is 1100. The highest BCUT2D eigenvalue weighted by Crippen LogP contribution is 2.24. The summed E-state index contributed by atoms with van der Waals surface area (Å²) in [5.41, 5.74) is 2.21. The number of hydrogen-bond acceptors (Lipinski definition) is 5. The number of pyridine rings is 1. The Hall–Kier alpha value is -2.68. The van der Waals surface area contributed by atoms with Crippen molar-refractivity contribution in [2.24, 2.45) is 0 Å². The Balaban J connectivity index is 1.58. The first-order chi connectivity index (χ1) is 14.9. The molecule has 162 valence electrons. The lowest BCUT2D eigenvalue weighted by Crippen LogP contribution is -2.32. The Morgan fingerprint density at radius 1 is 1.06 bits per heavy atom. The van der Waals surface area contributed by atoms with Crippen LogP contribution in [-0.4, -0.2) is 25.4 Å². The van der Waals surface area contributed by atoms with Crippen LogP contribution in [0, 0.1) is 0 Å². The van der Waals surface area contributed by atoms with Crippen molar-refractivity contribution in [1.29, 1.82) is 0 Å². The van der Waals surface area contributed by atoms with E-state index in [9.17, 15) is 13.2 Å². The molecule has 1 unspecified atom stereocenters. The summed E-state index contributed by atoms with van der Waals surface area (Å²) >= 11 is 1.69. The molecule has 1 amide bonds. The molecule has 2 N–H and O–H groups in total. The van der Waals surface area contributed by atoms with Crippen LogP contribution in [0.1, 0.15) is 36.2 Å². The van der Waals surface area contributed by atoms with E-state index in [0.717, 1.165) is 16.2 Å². The second kappa shape index (κ2) is 10.6. The van der Waals surface area contributed by atoms with Gasteiger partial charge in [0.2, 0.25) is 10.0 Å². The molecule has 3 rings (SSSR count). The molecule has 0 spiro atoms. The first-order valence-electron chi connectivity index (χ1n) is 9.93. The first kappa shape index (κ1) is 23.0. The number of nitrogens with zero attached hydrogens (tertiary/aromatic N) is 1. The number of aromatic nitrogens is 1. The molecule has 1 heterocycles. The van der Waals surface area contributed by atoms with Gasteiger partial charge in [0.25, 0.3) is 5.91 Å². The zero-order chi connectivity index (χ0) is 22.3. The van der Waals surface area contributed by atoms with Crippen molar-refractivity contribution in [3.05, 3.63) is 84.2 Å². The molecule has 0 fully saturated rings. The average Bonchev–Trinajstić information content (AvgIpc) is 2.79. The smallest absolute Gasteiger partial charge is 0.255 e. The van der Waals surface area contributed by atoms with Gasteiger partial charge in [-0.05, 0) is 73.5 Å². The predicted octanol–water partition coefficient (Wildman–Crippen LogP) is 4.70. The molecule has 8 heteroatoms. The molecule has 6 nitrogen and oxygen atoms in total. The fourth-order valence-electron chi connectivity index (χ4n) is 2.69. The van der Waals surface area contributed by atoms with Crippen molar-refractivity contribution < 1.29 is 13.2 Å². The van der Waals surface area contributed by atoms with Crippen LogP contribution >= 0.6 is 11.8 Å². The number of sulfonamides is 1. The molecule has 1 atom stereocenters. The predicted molar refractivity (Wildman–Crippen MR) is 125 cm³/mol. The minimum Gasteiger partial charge on any atom is -0.322 e. The van der Waals surface area contributed by atoms with E-state index in [1.165, 1.54) is 24.3 Å². The highest BCUT2D eigenvalue weighted by Gasteiger charge is 2.17. The molecule has 0 saturated heterocycles. The molecule has 3 aromatic rings. The van der Waals surface area contributed by atoms with Gasteiger partial charge in [-0.3, -0.25) is 9.78 Å². The molecule has 0 aliphatic heterocycles. The van der Waals surface area contributed by atoms with E-state index in [2.05, 4.69) is 15.0 Å². The molecule has 31 heavy (non-hydrogen) atoms. The van der Waals surface area contributed by atoms with E-state index in [1.807, 2.05) is 56.4 Å². The van der Waals surface area contributed by atoms with Gasteiger partial charge in [0, 0.05) is 40.3 Å². The molecular formula is C23H25N3O3S2. The third-order valence-electron chi connectivity index (χ3n) is 4.64. The lowest BCUT2D eigenvalue weighted by molar-refractivity contribution is 0.102. The maximum atomic E-state index is 12.5. The third kappa shape index (κ3) is 6.65. The Morgan fingerprint density at radius 2 is 1.77 bits per heavy atom. The van der Waals surface area contributed by atoms with Gasteiger partial charge < -0.3 is 5.32 Å². The summed E-state index contributed by atoms with van der Waals surface area (Å²) in [6.07, 6.45) is 4.29. The standard InChI is InChI=1S/C23H25N3O3S2/c1-3-17(2)26-31(28,29)22-12-6-19(7-13-22)23(27)25-20-8-10-21(11-9-20)30-16-18-5-4-14-24-15-18/h4-15,17,26H,3,16H2,1-2H3,(H,25,27). The highest BCUT2D eigenvalue weighted by atomic mass is 32.2. The SMILES string of the molecule is CCC(C)NS(=O)(=O)c1ccc(C(=O)Nc2ccc(SCc3cccnc3)cc2)cc1. The van der Waals surface area contributed by atoms with Crippen LogP contribution in [0.15, 0.2) is 82.8 Å². The van der Waals surface area contributed by atoms with E-state index in [0.29, 0.717) is 17.7 Å². The topological polar surface area (TPSA) is 88.2 Å². The number of carbonyl (C=O) groups excluding carboxylic acids is 1. The molecular weight excluding hydrogens is 430 g/mol. The quantitative estimate of drug-likeness (QED) is 0.457. The van der Waals surface area contributed by atoms with Crippen molar-refractivity contribution in [2.75, 3.05) is 5.32 Å². The summed E-state index contributed by atoms with van der Waals surface area (Å²) in [7, 11) is -3.59. The summed E-state index contributed by atoms with van der Waals surface area (Å²) in [6.45, 7) is 3.72. The van der Waals surface area contributed by atoms with Crippen LogP contribution in [0.4, 0.5) is 5.69 Å². The second-order valence-electron chi connectivity index (χ2n) is 7.08.